The third kappa shape index (κ3) is 1.38. The zero-order valence-corrected chi connectivity index (χ0v) is 7.57. The van der Waals surface area contributed by atoms with E-state index in [2.05, 4.69) is 11.9 Å². The molecular weight excluding hydrogens is 195 g/mol. The summed E-state index contributed by atoms with van der Waals surface area (Å²) in [6, 6.07) is 8.05. The van der Waals surface area contributed by atoms with Crippen molar-refractivity contribution in [2.24, 2.45) is 0 Å². The first-order valence-corrected chi connectivity index (χ1v) is 3.61. The quantitative estimate of drug-likeness (QED) is 0.648. The maximum absolute atomic E-state index is 4.21. The van der Waals surface area contributed by atoms with Crippen LogP contribution in [-0.4, -0.2) is 9.55 Å². The van der Waals surface area contributed by atoms with E-state index in [4.69, 9.17) is 0 Å². The maximum atomic E-state index is 4.21. The SMILES string of the molecule is [CH2-]Cn1cnc2ccccc21.[Co]. The zero-order chi connectivity index (χ0) is 7.68. The van der Waals surface area contributed by atoms with Crippen molar-refractivity contribution >= 4 is 11.0 Å². The molecule has 12 heavy (non-hydrogen) atoms. The molecule has 0 N–H and O–H groups in total. The van der Waals surface area contributed by atoms with Gasteiger partial charge in [-0.1, -0.05) is 12.1 Å². The molecule has 0 atom stereocenters. The molecule has 3 heteroatoms. The molecule has 2 nitrogen and oxygen atoms in total. The van der Waals surface area contributed by atoms with Crippen molar-refractivity contribution in [3.05, 3.63) is 37.5 Å². The maximum Gasteiger partial charge on any atom is 0.0933 e. The third-order valence-electron chi connectivity index (χ3n) is 1.77. The molecule has 0 saturated heterocycles. The van der Waals surface area contributed by atoms with Gasteiger partial charge in [-0.2, -0.15) is 0 Å². The van der Waals surface area contributed by atoms with E-state index < -0.39 is 0 Å². The molecule has 0 aliphatic carbocycles. The normalized spacial score (nSPS) is 9.75. The fraction of sp³-hybridized carbons (Fsp3) is 0.111. The van der Waals surface area contributed by atoms with Crippen molar-refractivity contribution in [3.8, 4) is 0 Å². The first-order chi connectivity index (χ1) is 5.42. The number of fused-ring (bicyclic) bond motifs is 1. The Hall–Kier alpha value is -0.804. The average Bonchev–Trinajstić information content (AvgIpc) is 2.47. The Balaban J connectivity index is 0.000000720. The van der Waals surface area contributed by atoms with Crippen molar-refractivity contribution in [1.82, 2.24) is 9.55 Å². The molecule has 0 amide bonds. The summed E-state index contributed by atoms with van der Waals surface area (Å²) in [5, 5.41) is 0. The Labute approximate surface area is 81.8 Å². The van der Waals surface area contributed by atoms with Gasteiger partial charge in [0, 0.05) is 16.8 Å². The first-order valence-electron chi connectivity index (χ1n) is 3.61. The van der Waals surface area contributed by atoms with Crippen molar-refractivity contribution in [1.29, 1.82) is 0 Å². The second-order valence-electron chi connectivity index (χ2n) is 2.43. The summed E-state index contributed by atoms with van der Waals surface area (Å²) in [5.74, 6) is 0. The van der Waals surface area contributed by atoms with E-state index in [1.54, 1.807) is 0 Å². The minimum Gasteiger partial charge on any atom is -0.361 e. The number of hydrogen-bond donors (Lipinski definition) is 0. The van der Waals surface area contributed by atoms with Crippen LogP contribution in [-0.2, 0) is 23.3 Å². The Morgan fingerprint density at radius 2 is 2.08 bits per heavy atom. The van der Waals surface area contributed by atoms with Crippen LogP contribution in [0.4, 0.5) is 0 Å². The molecule has 0 aliphatic rings. The molecular formula is C9H9CoN2-. The first kappa shape index (κ1) is 9.29. The number of aromatic nitrogens is 2. The molecule has 1 aromatic heterocycles. The fourth-order valence-corrected chi connectivity index (χ4v) is 1.19. The molecule has 0 fully saturated rings. The van der Waals surface area contributed by atoms with Crippen LogP contribution in [0.5, 0.6) is 0 Å². The Bertz CT molecular complexity index is 367. The minimum atomic E-state index is 0. The zero-order valence-electron chi connectivity index (χ0n) is 6.53. The molecule has 2 rings (SSSR count). The van der Waals surface area contributed by atoms with Crippen LogP contribution in [0.3, 0.4) is 0 Å². The predicted octanol–water partition coefficient (Wildman–Crippen LogP) is 1.87. The second-order valence-corrected chi connectivity index (χ2v) is 2.43. The van der Waals surface area contributed by atoms with Gasteiger partial charge in [0.2, 0.25) is 0 Å². The fourth-order valence-electron chi connectivity index (χ4n) is 1.19. The molecule has 0 unspecified atom stereocenters. The Morgan fingerprint density at radius 1 is 1.33 bits per heavy atom. The topological polar surface area (TPSA) is 17.8 Å². The van der Waals surface area contributed by atoms with Gasteiger partial charge in [-0.25, -0.2) is 4.98 Å². The van der Waals surface area contributed by atoms with E-state index in [1.807, 2.05) is 35.2 Å². The van der Waals surface area contributed by atoms with Crippen molar-refractivity contribution < 1.29 is 16.8 Å². The summed E-state index contributed by atoms with van der Waals surface area (Å²) >= 11 is 0. The van der Waals surface area contributed by atoms with Gasteiger partial charge in [0.25, 0.3) is 0 Å². The largest absolute Gasteiger partial charge is 0.361 e. The number of imidazole rings is 1. The van der Waals surface area contributed by atoms with Gasteiger partial charge >= 0.3 is 0 Å². The summed E-state index contributed by atoms with van der Waals surface area (Å²) in [7, 11) is 0. The van der Waals surface area contributed by atoms with E-state index >= 15 is 0 Å². The van der Waals surface area contributed by atoms with Crippen LogP contribution < -0.4 is 0 Å². The summed E-state index contributed by atoms with van der Waals surface area (Å²) in [5.41, 5.74) is 2.19. The number of benzene rings is 1. The van der Waals surface area contributed by atoms with E-state index in [9.17, 15) is 0 Å². The molecule has 0 spiro atoms. The van der Waals surface area contributed by atoms with Crippen molar-refractivity contribution in [2.45, 2.75) is 6.54 Å². The Morgan fingerprint density at radius 3 is 2.83 bits per heavy atom. The summed E-state index contributed by atoms with van der Waals surface area (Å²) in [4.78, 5) is 4.21. The van der Waals surface area contributed by atoms with Gasteiger partial charge in [0.05, 0.1) is 17.4 Å². The second kappa shape index (κ2) is 3.73. The van der Waals surface area contributed by atoms with Crippen LogP contribution in [0, 0.1) is 6.92 Å². The number of hydrogen-bond acceptors (Lipinski definition) is 1. The Kier molecular flexibility index (Phi) is 2.89. The average molecular weight is 204 g/mol. The summed E-state index contributed by atoms with van der Waals surface area (Å²) < 4.78 is 2.02. The van der Waals surface area contributed by atoms with Gasteiger partial charge < -0.3 is 11.5 Å². The standard InChI is InChI=1S/C9H9N2.Co/c1-2-11-7-10-8-5-3-4-6-9(8)11;/h3-7H,1-2H2;/q-1;. The molecule has 0 aliphatic heterocycles. The van der Waals surface area contributed by atoms with Crippen molar-refractivity contribution in [2.75, 3.05) is 0 Å². The monoisotopic (exact) mass is 204 g/mol. The molecule has 2 aromatic rings. The van der Waals surface area contributed by atoms with E-state index in [1.165, 1.54) is 0 Å². The van der Waals surface area contributed by atoms with Crippen LogP contribution in [0.1, 0.15) is 0 Å². The van der Waals surface area contributed by atoms with E-state index in [0.717, 1.165) is 17.6 Å². The number of para-hydroxylation sites is 2. The van der Waals surface area contributed by atoms with Gasteiger partial charge in [-0.15, -0.1) is 6.54 Å². The van der Waals surface area contributed by atoms with Crippen LogP contribution in [0.15, 0.2) is 30.6 Å². The van der Waals surface area contributed by atoms with E-state index in [-0.39, 0.29) is 16.8 Å². The molecule has 0 bridgehead atoms. The van der Waals surface area contributed by atoms with Gasteiger partial charge in [0.15, 0.2) is 0 Å². The van der Waals surface area contributed by atoms with Crippen molar-refractivity contribution in [3.63, 3.8) is 0 Å². The molecule has 1 radical (unpaired) electrons. The number of nitrogens with zero attached hydrogens (tertiary/aromatic N) is 2. The van der Waals surface area contributed by atoms with Crippen LogP contribution >= 0.6 is 0 Å². The van der Waals surface area contributed by atoms with E-state index in [0.29, 0.717) is 0 Å². The van der Waals surface area contributed by atoms with Gasteiger partial charge in [-0.3, -0.25) is 0 Å². The molecule has 65 valence electrons. The third-order valence-corrected chi connectivity index (χ3v) is 1.77. The molecule has 1 heterocycles. The van der Waals surface area contributed by atoms with Crippen LogP contribution in [0.2, 0.25) is 0 Å². The smallest absolute Gasteiger partial charge is 0.0933 e. The summed E-state index contributed by atoms with van der Waals surface area (Å²) in [6.45, 7) is 4.54. The number of rotatable bonds is 1. The minimum absolute atomic E-state index is 0. The van der Waals surface area contributed by atoms with Gasteiger partial charge in [-0.05, 0) is 12.1 Å². The van der Waals surface area contributed by atoms with Crippen LogP contribution in [0.25, 0.3) is 11.0 Å². The van der Waals surface area contributed by atoms with Gasteiger partial charge in [0.1, 0.15) is 0 Å². The predicted molar refractivity (Wildman–Crippen MR) is 45.1 cm³/mol. The molecule has 0 saturated carbocycles. The summed E-state index contributed by atoms with van der Waals surface area (Å²) in [6.07, 6.45) is 1.82. The molecule has 1 aromatic carbocycles.